The molecular formula is C22H24N4OS. The molecule has 1 aliphatic rings. The first-order valence-corrected chi connectivity index (χ1v) is 10.7. The number of nitrogens with zero attached hydrogens (tertiary/aromatic N) is 2. The number of nitrogens with one attached hydrogen (secondary N) is 2. The van der Waals surface area contributed by atoms with Gasteiger partial charge in [0, 0.05) is 17.7 Å². The van der Waals surface area contributed by atoms with Gasteiger partial charge in [-0.05, 0) is 17.5 Å². The zero-order chi connectivity index (χ0) is 19.2. The lowest BCUT2D eigenvalue weighted by Crippen LogP contribution is -2.14. The monoisotopic (exact) mass is 392 g/mol. The molecule has 6 heteroatoms. The average molecular weight is 393 g/mol. The third kappa shape index (κ3) is 4.81. The molecule has 0 bridgehead atoms. The number of anilines is 1. The largest absolute Gasteiger partial charge is 0.325 e. The van der Waals surface area contributed by atoms with E-state index in [1.807, 2.05) is 54.6 Å². The SMILES string of the molecule is O=C(CSc1n[nH]c(CC2CCCC2)n1)Nc1ccccc1-c1ccccc1. The van der Waals surface area contributed by atoms with E-state index < -0.39 is 0 Å². The van der Waals surface area contributed by atoms with Gasteiger partial charge in [-0.25, -0.2) is 4.98 Å². The summed E-state index contributed by atoms with van der Waals surface area (Å²) in [6.45, 7) is 0. The van der Waals surface area contributed by atoms with Gasteiger partial charge in [0.1, 0.15) is 5.82 Å². The van der Waals surface area contributed by atoms with Gasteiger partial charge in [0.2, 0.25) is 11.1 Å². The van der Waals surface area contributed by atoms with Crippen molar-refractivity contribution in [2.45, 2.75) is 37.3 Å². The Hall–Kier alpha value is -2.60. The minimum atomic E-state index is -0.0597. The second-order valence-corrected chi connectivity index (χ2v) is 8.11. The van der Waals surface area contributed by atoms with Gasteiger partial charge in [-0.3, -0.25) is 9.89 Å². The fourth-order valence-electron chi connectivity index (χ4n) is 3.70. The van der Waals surface area contributed by atoms with Crippen molar-refractivity contribution in [2.24, 2.45) is 5.92 Å². The molecule has 1 aromatic heterocycles. The maximum atomic E-state index is 12.5. The van der Waals surface area contributed by atoms with Crippen LogP contribution in [0.3, 0.4) is 0 Å². The molecule has 5 nitrogen and oxygen atoms in total. The molecule has 4 rings (SSSR count). The highest BCUT2D eigenvalue weighted by atomic mass is 32.2. The molecule has 3 aromatic rings. The summed E-state index contributed by atoms with van der Waals surface area (Å²) >= 11 is 1.36. The fourth-order valence-corrected chi connectivity index (χ4v) is 4.32. The maximum Gasteiger partial charge on any atom is 0.234 e. The maximum absolute atomic E-state index is 12.5. The van der Waals surface area contributed by atoms with Crippen LogP contribution in [-0.2, 0) is 11.2 Å². The van der Waals surface area contributed by atoms with E-state index in [1.165, 1.54) is 37.4 Å². The van der Waals surface area contributed by atoms with Gasteiger partial charge in [0.15, 0.2) is 0 Å². The number of hydrogen-bond donors (Lipinski definition) is 2. The lowest BCUT2D eigenvalue weighted by atomic mass is 10.0. The van der Waals surface area contributed by atoms with Crippen molar-refractivity contribution in [1.29, 1.82) is 0 Å². The second kappa shape index (κ2) is 9.06. The van der Waals surface area contributed by atoms with Gasteiger partial charge in [-0.1, -0.05) is 86.0 Å². The quantitative estimate of drug-likeness (QED) is 0.559. The van der Waals surface area contributed by atoms with Crippen molar-refractivity contribution >= 4 is 23.4 Å². The Morgan fingerprint density at radius 1 is 1.07 bits per heavy atom. The number of para-hydroxylation sites is 1. The Labute approximate surface area is 169 Å². The highest BCUT2D eigenvalue weighted by molar-refractivity contribution is 7.99. The summed E-state index contributed by atoms with van der Waals surface area (Å²) in [5.41, 5.74) is 2.91. The van der Waals surface area contributed by atoms with E-state index in [0.29, 0.717) is 5.16 Å². The molecule has 0 saturated heterocycles. The van der Waals surface area contributed by atoms with Crippen LogP contribution in [0.25, 0.3) is 11.1 Å². The number of hydrogen-bond acceptors (Lipinski definition) is 4. The summed E-state index contributed by atoms with van der Waals surface area (Å²) in [5.74, 6) is 1.88. The number of carbonyl (C=O) groups excluding carboxylic acids is 1. The number of carbonyl (C=O) groups is 1. The smallest absolute Gasteiger partial charge is 0.234 e. The highest BCUT2D eigenvalue weighted by Crippen LogP contribution is 2.29. The normalized spacial score (nSPS) is 14.3. The van der Waals surface area contributed by atoms with Crippen molar-refractivity contribution in [1.82, 2.24) is 15.2 Å². The minimum absolute atomic E-state index is 0.0597. The molecule has 0 unspecified atom stereocenters. The van der Waals surface area contributed by atoms with Crippen molar-refractivity contribution in [3.63, 3.8) is 0 Å². The molecule has 0 atom stereocenters. The van der Waals surface area contributed by atoms with Crippen LogP contribution < -0.4 is 5.32 Å². The number of H-pyrrole nitrogens is 1. The first-order valence-electron chi connectivity index (χ1n) is 9.76. The average Bonchev–Trinajstić information content (AvgIpc) is 3.40. The lowest BCUT2D eigenvalue weighted by molar-refractivity contribution is -0.113. The van der Waals surface area contributed by atoms with Crippen molar-refractivity contribution < 1.29 is 4.79 Å². The summed E-state index contributed by atoms with van der Waals surface area (Å²) in [6, 6.07) is 17.9. The van der Waals surface area contributed by atoms with E-state index in [-0.39, 0.29) is 11.7 Å². The molecule has 1 saturated carbocycles. The van der Waals surface area contributed by atoms with Crippen LogP contribution in [0.5, 0.6) is 0 Å². The predicted octanol–water partition coefficient (Wildman–Crippen LogP) is 4.94. The Morgan fingerprint density at radius 3 is 2.64 bits per heavy atom. The molecule has 1 fully saturated rings. The number of rotatable bonds is 7. The Bertz CT molecular complexity index is 919. The third-order valence-corrected chi connectivity index (χ3v) is 5.93. The molecular weight excluding hydrogens is 368 g/mol. The number of benzene rings is 2. The van der Waals surface area contributed by atoms with Crippen LogP contribution in [0.2, 0.25) is 0 Å². The van der Waals surface area contributed by atoms with Gasteiger partial charge in [0.05, 0.1) is 5.75 Å². The minimum Gasteiger partial charge on any atom is -0.325 e. The van der Waals surface area contributed by atoms with Crippen LogP contribution in [0.15, 0.2) is 59.8 Å². The van der Waals surface area contributed by atoms with E-state index in [0.717, 1.165) is 35.0 Å². The van der Waals surface area contributed by atoms with E-state index in [1.54, 1.807) is 0 Å². The highest BCUT2D eigenvalue weighted by Gasteiger charge is 2.17. The van der Waals surface area contributed by atoms with Crippen LogP contribution in [-0.4, -0.2) is 26.8 Å². The molecule has 1 heterocycles. The van der Waals surface area contributed by atoms with E-state index in [4.69, 9.17) is 0 Å². The lowest BCUT2D eigenvalue weighted by Gasteiger charge is -2.10. The van der Waals surface area contributed by atoms with Gasteiger partial charge < -0.3 is 5.32 Å². The van der Waals surface area contributed by atoms with Gasteiger partial charge in [-0.15, -0.1) is 5.10 Å². The Balaban J connectivity index is 1.34. The van der Waals surface area contributed by atoms with Crippen molar-refractivity contribution in [3.8, 4) is 11.1 Å². The molecule has 2 aromatic carbocycles. The Morgan fingerprint density at radius 2 is 1.82 bits per heavy atom. The Kier molecular flexibility index (Phi) is 6.07. The first kappa shape index (κ1) is 18.7. The molecule has 0 spiro atoms. The summed E-state index contributed by atoms with van der Waals surface area (Å²) in [7, 11) is 0. The van der Waals surface area contributed by atoms with E-state index in [2.05, 4.69) is 20.5 Å². The van der Waals surface area contributed by atoms with Crippen molar-refractivity contribution in [2.75, 3.05) is 11.1 Å². The van der Waals surface area contributed by atoms with Gasteiger partial charge >= 0.3 is 0 Å². The number of thioether (sulfide) groups is 1. The number of amides is 1. The zero-order valence-electron chi connectivity index (χ0n) is 15.7. The summed E-state index contributed by atoms with van der Waals surface area (Å²) in [5, 5.41) is 10.9. The topological polar surface area (TPSA) is 70.7 Å². The second-order valence-electron chi connectivity index (χ2n) is 7.17. The van der Waals surface area contributed by atoms with E-state index in [9.17, 15) is 4.79 Å². The van der Waals surface area contributed by atoms with Crippen LogP contribution in [0, 0.1) is 5.92 Å². The standard InChI is InChI=1S/C22H24N4OS/c27-21(15-28-22-24-20(25-26-22)14-16-8-4-5-9-16)23-19-13-7-6-12-18(19)17-10-2-1-3-11-17/h1-3,6-7,10-13,16H,4-5,8-9,14-15H2,(H,23,27)(H,24,25,26). The summed E-state index contributed by atoms with van der Waals surface area (Å²) in [6.07, 6.45) is 6.18. The fraction of sp³-hybridized carbons (Fsp3) is 0.318. The van der Waals surface area contributed by atoms with Crippen LogP contribution >= 0.6 is 11.8 Å². The van der Waals surface area contributed by atoms with E-state index >= 15 is 0 Å². The summed E-state index contributed by atoms with van der Waals surface area (Å²) < 4.78 is 0. The molecule has 28 heavy (non-hydrogen) atoms. The van der Waals surface area contributed by atoms with Gasteiger partial charge in [0.25, 0.3) is 0 Å². The van der Waals surface area contributed by atoms with Crippen LogP contribution in [0.1, 0.15) is 31.5 Å². The molecule has 1 amide bonds. The van der Waals surface area contributed by atoms with Crippen LogP contribution in [0.4, 0.5) is 5.69 Å². The third-order valence-electron chi connectivity index (χ3n) is 5.09. The molecule has 144 valence electrons. The zero-order valence-corrected chi connectivity index (χ0v) is 16.5. The molecule has 1 aliphatic carbocycles. The molecule has 0 radical (unpaired) electrons. The number of aromatic amines is 1. The first-order chi connectivity index (χ1) is 13.8. The predicted molar refractivity (Wildman–Crippen MR) is 113 cm³/mol. The summed E-state index contributed by atoms with van der Waals surface area (Å²) in [4.78, 5) is 17.0. The van der Waals surface area contributed by atoms with Crippen molar-refractivity contribution in [3.05, 3.63) is 60.4 Å². The molecule has 2 N–H and O–H groups in total. The number of aromatic nitrogens is 3. The van der Waals surface area contributed by atoms with Gasteiger partial charge in [-0.2, -0.15) is 0 Å². The molecule has 0 aliphatic heterocycles.